The largest absolute Gasteiger partial charge is 0.377 e. The fourth-order valence-electron chi connectivity index (χ4n) is 0.849. The second-order valence-corrected chi connectivity index (χ2v) is 3.07. The van der Waals surface area contributed by atoms with E-state index in [1.54, 1.807) is 0 Å². The Hall–Kier alpha value is 0.330. The topological polar surface area (TPSA) is 21.3 Å². The van der Waals surface area contributed by atoms with Gasteiger partial charge in [0.1, 0.15) is 0 Å². The molecule has 1 atom stereocenters. The summed E-state index contributed by atoms with van der Waals surface area (Å²) in [7, 11) is 0. The molecule has 1 heterocycles. The highest BCUT2D eigenvalue weighted by molar-refractivity contribution is 9.09. The Morgan fingerprint density at radius 2 is 2.50 bits per heavy atom. The third-order valence-electron chi connectivity index (χ3n) is 1.47. The smallest absolute Gasteiger partial charge is 0.156 e. The van der Waals surface area contributed by atoms with Crippen molar-refractivity contribution in [2.45, 2.75) is 5.67 Å². The van der Waals surface area contributed by atoms with Crippen LogP contribution in [0.25, 0.3) is 0 Å². The molecule has 0 bridgehead atoms. The average Bonchev–Trinajstić information content (AvgIpc) is 2.15. The summed E-state index contributed by atoms with van der Waals surface area (Å²) in [4.78, 5) is 0. The predicted molar refractivity (Wildman–Crippen MR) is 41.3 cm³/mol. The second kappa shape index (κ2) is 3.64. The molecule has 1 aliphatic rings. The molecule has 4 heteroatoms. The van der Waals surface area contributed by atoms with Gasteiger partial charge in [-0.05, 0) is 0 Å². The minimum absolute atomic E-state index is 0.200. The van der Waals surface area contributed by atoms with Crippen LogP contribution < -0.4 is 5.32 Å². The molecule has 0 aromatic heterocycles. The molecular weight excluding hydrogens is 201 g/mol. The fraction of sp³-hybridized carbons (Fsp3) is 1.00. The lowest BCUT2D eigenvalue weighted by Gasteiger charge is -2.18. The van der Waals surface area contributed by atoms with Crippen LogP contribution in [-0.2, 0) is 4.74 Å². The molecular formula is C6H11BrFNO. The summed E-state index contributed by atoms with van der Waals surface area (Å²) in [5.41, 5.74) is -1.21. The first-order chi connectivity index (χ1) is 4.77. The van der Waals surface area contributed by atoms with Crippen LogP contribution in [0.1, 0.15) is 0 Å². The quantitative estimate of drug-likeness (QED) is 0.646. The average molecular weight is 212 g/mol. The monoisotopic (exact) mass is 211 g/mol. The van der Waals surface area contributed by atoms with Gasteiger partial charge in [0.15, 0.2) is 5.67 Å². The molecule has 1 aliphatic heterocycles. The zero-order chi connectivity index (χ0) is 7.45. The van der Waals surface area contributed by atoms with Crippen molar-refractivity contribution in [1.82, 2.24) is 5.32 Å². The Labute approximate surface area is 68.3 Å². The lowest BCUT2D eigenvalue weighted by Crippen LogP contribution is -2.39. The van der Waals surface area contributed by atoms with Crippen LogP contribution in [-0.4, -0.2) is 37.3 Å². The van der Waals surface area contributed by atoms with E-state index < -0.39 is 5.67 Å². The molecule has 1 unspecified atom stereocenters. The molecule has 0 amide bonds. The van der Waals surface area contributed by atoms with Gasteiger partial charge in [0.2, 0.25) is 0 Å². The van der Waals surface area contributed by atoms with E-state index in [0.717, 1.165) is 6.54 Å². The summed E-state index contributed by atoms with van der Waals surface area (Å²) in [5.74, 6) is 0. The second-order valence-electron chi connectivity index (χ2n) is 2.51. The first-order valence-corrected chi connectivity index (χ1v) is 4.42. The highest BCUT2D eigenvalue weighted by Gasteiger charge is 2.29. The lowest BCUT2D eigenvalue weighted by molar-refractivity contribution is 0.0540. The van der Waals surface area contributed by atoms with E-state index in [2.05, 4.69) is 21.2 Å². The standard InChI is InChI=1S/C6H11BrFNO/c7-3-6(8)4-9-1-2-10-5-6/h9H,1-5H2. The summed E-state index contributed by atoms with van der Waals surface area (Å²) in [5, 5.41) is 3.30. The molecule has 2 nitrogen and oxygen atoms in total. The van der Waals surface area contributed by atoms with Crippen LogP contribution >= 0.6 is 15.9 Å². The summed E-state index contributed by atoms with van der Waals surface area (Å²) in [6, 6.07) is 0. The Kier molecular flexibility index (Phi) is 3.07. The van der Waals surface area contributed by atoms with E-state index in [9.17, 15) is 4.39 Å². The Morgan fingerprint density at radius 1 is 1.70 bits per heavy atom. The number of rotatable bonds is 1. The van der Waals surface area contributed by atoms with Crippen LogP contribution in [0.15, 0.2) is 0 Å². The maximum absolute atomic E-state index is 13.3. The van der Waals surface area contributed by atoms with Gasteiger partial charge in [-0.25, -0.2) is 4.39 Å². The van der Waals surface area contributed by atoms with E-state index in [1.807, 2.05) is 0 Å². The minimum Gasteiger partial charge on any atom is -0.377 e. The molecule has 1 fully saturated rings. The highest BCUT2D eigenvalue weighted by atomic mass is 79.9. The molecule has 0 aliphatic carbocycles. The van der Waals surface area contributed by atoms with Gasteiger partial charge in [0.25, 0.3) is 0 Å². The summed E-state index contributed by atoms with van der Waals surface area (Å²) in [6.45, 7) is 1.95. The van der Waals surface area contributed by atoms with Gasteiger partial charge in [-0.2, -0.15) is 0 Å². The molecule has 1 N–H and O–H groups in total. The number of ether oxygens (including phenoxy) is 1. The van der Waals surface area contributed by atoms with E-state index >= 15 is 0 Å². The molecule has 10 heavy (non-hydrogen) atoms. The van der Waals surface area contributed by atoms with E-state index in [-0.39, 0.29) is 6.61 Å². The van der Waals surface area contributed by atoms with Crippen molar-refractivity contribution in [2.24, 2.45) is 0 Å². The molecule has 60 valence electrons. The molecule has 0 aromatic carbocycles. The molecule has 1 rings (SSSR count). The van der Waals surface area contributed by atoms with Crippen molar-refractivity contribution >= 4 is 15.9 Å². The van der Waals surface area contributed by atoms with E-state index in [0.29, 0.717) is 18.5 Å². The summed E-state index contributed by atoms with van der Waals surface area (Å²) >= 11 is 3.11. The van der Waals surface area contributed by atoms with Gasteiger partial charge in [-0.3, -0.25) is 0 Å². The van der Waals surface area contributed by atoms with Crippen LogP contribution in [0.5, 0.6) is 0 Å². The maximum atomic E-state index is 13.3. The van der Waals surface area contributed by atoms with E-state index in [1.165, 1.54) is 0 Å². The van der Waals surface area contributed by atoms with Crippen molar-refractivity contribution in [3.8, 4) is 0 Å². The van der Waals surface area contributed by atoms with Gasteiger partial charge in [0, 0.05) is 18.4 Å². The van der Waals surface area contributed by atoms with Crippen molar-refractivity contribution in [3.05, 3.63) is 0 Å². The molecule has 1 saturated heterocycles. The third-order valence-corrected chi connectivity index (χ3v) is 2.47. The number of nitrogens with one attached hydrogen (secondary N) is 1. The molecule has 0 spiro atoms. The minimum atomic E-state index is -1.21. The van der Waals surface area contributed by atoms with Crippen molar-refractivity contribution in [2.75, 3.05) is 31.6 Å². The molecule has 0 saturated carbocycles. The highest BCUT2D eigenvalue weighted by Crippen LogP contribution is 2.15. The van der Waals surface area contributed by atoms with Gasteiger partial charge in [-0.15, -0.1) is 0 Å². The van der Waals surface area contributed by atoms with Gasteiger partial charge in [-0.1, -0.05) is 15.9 Å². The maximum Gasteiger partial charge on any atom is 0.156 e. The van der Waals surface area contributed by atoms with Crippen molar-refractivity contribution in [3.63, 3.8) is 0 Å². The number of hydrogen-bond donors (Lipinski definition) is 1. The Balaban J connectivity index is 2.41. The van der Waals surface area contributed by atoms with Gasteiger partial charge < -0.3 is 10.1 Å². The van der Waals surface area contributed by atoms with Crippen molar-refractivity contribution in [1.29, 1.82) is 0 Å². The first kappa shape index (κ1) is 8.43. The number of hydrogen-bond acceptors (Lipinski definition) is 2. The molecule has 0 aromatic rings. The lowest BCUT2D eigenvalue weighted by atomic mass is 10.1. The van der Waals surface area contributed by atoms with Crippen molar-refractivity contribution < 1.29 is 9.13 Å². The first-order valence-electron chi connectivity index (χ1n) is 3.30. The van der Waals surface area contributed by atoms with Crippen LogP contribution in [0.2, 0.25) is 0 Å². The fourth-order valence-corrected chi connectivity index (χ4v) is 1.21. The summed E-state index contributed by atoms with van der Waals surface area (Å²) in [6.07, 6.45) is 0. The third kappa shape index (κ3) is 2.18. The zero-order valence-corrected chi connectivity index (χ0v) is 7.29. The van der Waals surface area contributed by atoms with Gasteiger partial charge in [0.05, 0.1) is 13.2 Å². The zero-order valence-electron chi connectivity index (χ0n) is 5.70. The number of halogens is 2. The van der Waals surface area contributed by atoms with Crippen LogP contribution in [0, 0.1) is 0 Å². The predicted octanol–water partition coefficient (Wildman–Crippen LogP) is 0.709. The number of alkyl halides is 2. The van der Waals surface area contributed by atoms with Crippen LogP contribution in [0.3, 0.4) is 0 Å². The Bertz CT molecular complexity index is 104. The summed E-state index contributed by atoms with van der Waals surface area (Å²) < 4.78 is 18.4. The SMILES string of the molecule is FC1(CBr)CNCCOC1. The molecule has 0 radical (unpaired) electrons. The van der Waals surface area contributed by atoms with Gasteiger partial charge >= 0.3 is 0 Å². The van der Waals surface area contributed by atoms with Crippen LogP contribution in [0.4, 0.5) is 4.39 Å². The van der Waals surface area contributed by atoms with E-state index in [4.69, 9.17) is 4.74 Å². The Morgan fingerprint density at radius 3 is 3.20 bits per heavy atom. The normalized spacial score (nSPS) is 35.4.